The summed E-state index contributed by atoms with van der Waals surface area (Å²) in [5.74, 6) is 1.38. The molecule has 27 heavy (non-hydrogen) atoms. The van der Waals surface area contributed by atoms with Gasteiger partial charge in [0.05, 0.1) is 11.2 Å². The lowest BCUT2D eigenvalue weighted by molar-refractivity contribution is 0.383. The van der Waals surface area contributed by atoms with Crippen molar-refractivity contribution in [1.82, 2.24) is 14.5 Å². The van der Waals surface area contributed by atoms with Crippen molar-refractivity contribution < 1.29 is 12.8 Å². The maximum Gasteiger partial charge on any atom is 0.243 e. The normalized spacial score (nSPS) is 15.8. The van der Waals surface area contributed by atoms with Gasteiger partial charge in [0.1, 0.15) is 5.69 Å². The maximum atomic E-state index is 12.7. The Hall–Kier alpha value is -2.42. The third-order valence-electron chi connectivity index (χ3n) is 4.44. The molecule has 140 valence electrons. The number of furan rings is 1. The highest BCUT2D eigenvalue weighted by Gasteiger charge is 2.29. The van der Waals surface area contributed by atoms with Gasteiger partial charge >= 0.3 is 0 Å². The van der Waals surface area contributed by atoms with Crippen molar-refractivity contribution in [3.63, 3.8) is 0 Å². The van der Waals surface area contributed by atoms with E-state index in [0.717, 1.165) is 0 Å². The van der Waals surface area contributed by atoms with Gasteiger partial charge in [0, 0.05) is 31.2 Å². The molecule has 0 aliphatic carbocycles. The third kappa shape index (κ3) is 3.69. The highest BCUT2D eigenvalue weighted by Crippen LogP contribution is 2.22. The minimum atomic E-state index is -3.52. The minimum Gasteiger partial charge on any atom is -0.463 e. The maximum absolute atomic E-state index is 12.7. The molecule has 1 aromatic carbocycles. The fourth-order valence-corrected chi connectivity index (χ4v) is 4.51. The predicted octanol–water partition coefficient (Wildman–Crippen LogP) is 2.90. The summed E-state index contributed by atoms with van der Waals surface area (Å²) in [4.78, 5) is 2.27. The highest BCUT2D eigenvalue weighted by molar-refractivity contribution is 7.89. The third-order valence-corrected chi connectivity index (χ3v) is 6.60. The molecule has 0 saturated carbocycles. The summed E-state index contributed by atoms with van der Waals surface area (Å²) in [6.45, 7) is 1.85. The van der Waals surface area contributed by atoms with Gasteiger partial charge in [-0.3, -0.25) is 0 Å². The number of sulfonamides is 1. The van der Waals surface area contributed by atoms with Gasteiger partial charge in [-0.05, 0) is 48.5 Å². The van der Waals surface area contributed by atoms with Crippen molar-refractivity contribution >= 4 is 27.4 Å². The zero-order valence-corrected chi connectivity index (χ0v) is 15.9. The number of hydrogen-bond donors (Lipinski definition) is 0. The monoisotopic (exact) mass is 404 g/mol. The summed E-state index contributed by atoms with van der Waals surface area (Å²) in [5, 5.41) is 8.95. The smallest absolute Gasteiger partial charge is 0.243 e. The molecule has 1 saturated heterocycles. The summed E-state index contributed by atoms with van der Waals surface area (Å²) in [5.41, 5.74) is 0.660. The summed E-state index contributed by atoms with van der Waals surface area (Å²) >= 11 is 5.84. The Kier molecular flexibility index (Phi) is 4.86. The van der Waals surface area contributed by atoms with Crippen LogP contribution in [0.3, 0.4) is 0 Å². The zero-order valence-electron chi connectivity index (χ0n) is 14.3. The first-order valence-electron chi connectivity index (χ1n) is 8.42. The summed E-state index contributed by atoms with van der Waals surface area (Å²) in [7, 11) is -3.52. The average molecular weight is 405 g/mol. The molecule has 0 unspecified atom stereocenters. The molecule has 0 amide bonds. The van der Waals surface area contributed by atoms with Crippen molar-refractivity contribution in [3.8, 4) is 11.5 Å². The van der Waals surface area contributed by atoms with E-state index in [9.17, 15) is 8.42 Å². The lowest BCUT2D eigenvalue weighted by Crippen LogP contribution is -2.48. The van der Waals surface area contributed by atoms with Gasteiger partial charge in [-0.15, -0.1) is 10.2 Å². The van der Waals surface area contributed by atoms with E-state index in [-0.39, 0.29) is 4.90 Å². The fraction of sp³-hybridized carbons (Fsp3) is 0.222. The second-order valence-corrected chi connectivity index (χ2v) is 8.47. The van der Waals surface area contributed by atoms with Crippen LogP contribution >= 0.6 is 11.6 Å². The van der Waals surface area contributed by atoms with Gasteiger partial charge in [0.15, 0.2) is 11.6 Å². The van der Waals surface area contributed by atoms with E-state index >= 15 is 0 Å². The molecule has 1 aliphatic rings. The Morgan fingerprint density at radius 1 is 0.926 bits per heavy atom. The molecule has 2 aromatic heterocycles. The van der Waals surface area contributed by atoms with E-state index in [1.807, 2.05) is 23.1 Å². The largest absolute Gasteiger partial charge is 0.463 e. The first kappa shape index (κ1) is 18.0. The van der Waals surface area contributed by atoms with Crippen LogP contribution in [0.1, 0.15) is 0 Å². The lowest BCUT2D eigenvalue weighted by Gasteiger charge is -2.34. The molecule has 3 heterocycles. The second-order valence-electron chi connectivity index (χ2n) is 6.10. The van der Waals surface area contributed by atoms with Crippen LogP contribution in [0, 0.1) is 0 Å². The van der Waals surface area contributed by atoms with Gasteiger partial charge in [0.2, 0.25) is 10.0 Å². The minimum absolute atomic E-state index is 0.253. The summed E-state index contributed by atoms with van der Waals surface area (Å²) in [6, 6.07) is 13.6. The summed E-state index contributed by atoms with van der Waals surface area (Å²) < 4.78 is 32.3. The molecule has 0 N–H and O–H groups in total. The molecule has 1 fully saturated rings. The number of hydrogen-bond acceptors (Lipinski definition) is 6. The van der Waals surface area contributed by atoms with Crippen LogP contribution in [0.4, 0.5) is 5.82 Å². The zero-order chi connectivity index (χ0) is 18.9. The number of benzene rings is 1. The van der Waals surface area contributed by atoms with E-state index in [1.54, 1.807) is 24.5 Å². The Balaban J connectivity index is 1.43. The Morgan fingerprint density at radius 3 is 2.26 bits per heavy atom. The van der Waals surface area contributed by atoms with Crippen LogP contribution in [0.25, 0.3) is 11.5 Å². The van der Waals surface area contributed by atoms with E-state index in [1.165, 1.54) is 16.4 Å². The van der Waals surface area contributed by atoms with E-state index in [0.29, 0.717) is 48.5 Å². The Bertz CT molecular complexity index is 998. The van der Waals surface area contributed by atoms with Gasteiger partial charge in [-0.2, -0.15) is 4.31 Å². The molecule has 9 heteroatoms. The topological polar surface area (TPSA) is 79.5 Å². The molecule has 0 atom stereocenters. The molecule has 3 aromatic rings. The van der Waals surface area contributed by atoms with Crippen LogP contribution in [0.5, 0.6) is 0 Å². The van der Waals surface area contributed by atoms with Crippen molar-refractivity contribution in [1.29, 1.82) is 0 Å². The van der Waals surface area contributed by atoms with Crippen LogP contribution in [0.15, 0.2) is 64.1 Å². The van der Waals surface area contributed by atoms with E-state index in [4.69, 9.17) is 16.0 Å². The number of aromatic nitrogens is 2. The summed E-state index contributed by atoms with van der Waals surface area (Å²) in [6.07, 6.45) is 1.59. The Labute approximate surface area is 162 Å². The number of anilines is 1. The standard InChI is InChI=1S/C18H17ClN4O3S/c19-14-3-5-15(6-4-14)27(24,25)23-11-9-22(10-12-23)18-8-7-16(20-21-18)17-2-1-13-26-17/h1-8,13H,9-12H2. The van der Waals surface area contributed by atoms with E-state index < -0.39 is 10.0 Å². The molecule has 0 bridgehead atoms. The van der Waals surface area contributed by atoms with Gasteiger partial charge in [-0.1, -0.05) is 11.6 Å². The average Bonchev–Trinajstić information content (AvgIpc) is 3.23. The lowest BCUT2D eigenvalue weighted by atomic mass is 10.3. The van der Waals surface area contributed by atoms with Crippen LogP contribution in [0.2, 0.25) is 5.02 Å². The van der Waals surface area contributed by atoms with Crippen molar-refractivity contribution in [2.24, 2.45) is 0 Å². The SMILES string of the molecule is O=S(=O)(c1ccc(Cl)cc1)N1CCN(c2ccc(-c3ccco3)nn2)CC1. The number of rotatable bonds is 4. The number of piperazine rings is 1. The molecule has 1 aliphatic heterocycles. The Morgan fingerprint density at radius 2 is 1.67 bits per heavy atom. The van der Waals surface area contributed by atoms with Crippen molar-refractivity contribution in [2.45, 2.75) is 4.90 Å². The van der Waals surface area contributed by atoms with Gasteiger partial charge < -0.3 is 9.32 Å². The second kappa shape index (κ2) is 7.30. The number of nitrogens with zero attached hydrogens (tertiary/aromatic N) is 4. The fourth-order valence-electron chi connectivity index (χ4n) is 2.96. The van der Waals surface area contributed by atoms with Crippen LogP contribution < -0.4 is 4.90 Å². The molecule has 7 nitrogen and oxygen atoms in total. The van der Waals surface area contributed by atoms with Crippen LogP contribution in [-0.2, 0) is 10.0 Å². The van der Waals surface area contributed by atoms with Gasteiger partial charge in [-0.25, -0.2) is 8.42 Å². The van der Waals surface area contributed by atoms with Crippen molar-refractivity contribution in [3.05, 3.63) is 59.8 Å². The molecule has 4 rings (SSSR count). The quantitative estimate of drug-likeness (QED) is 0.665. The molecular formula is C18H17ClN4O3S. The first-order chi connectivity index (χ1) is 13.0. The highest BCUT2D eigenvalue weighted by atomic mass is 35.5. The predicted molar refractivity (Wildman–Crippen MR) is 102 cm³/mol. The van der Waals surface area contributed by atoms with Gasteiger partial charge in [0.25, 0.3) is 0 Å². The first-order valence-corrected chi connectivity index (χ1v) is 10.2. The number of halogens is 1. The van der Waals surface area contributed by atoms with Crippen molar-refractivity contribution in [2.75, 3.05) is 31.1 Å². The molecular weight excluding hydrogens is 388 g/mol. The molecule has 0 radical (unpaired) electrons. The molecule has 0 spiro atoms. The van der Waals surface area contributed by atoms with Crippen LogP contribution in [-0.4, -0.2) is 49.1 Å². The van der Waals surface area contributed by atoms with E-state index in [2.05, 4.69) is 10.2 Å².